The van der Waals surface area contributed by atoms with Crippen LogP contribution in [0.3, 0.4) is 0 Å². The van der Waals surface area contributed by atoms with Gasteiger partial charge in [-0.05, 0) is 39.4 Å². The van der Waals surface area contributed by atoms with Crippen molar-refractivity contribution in [2.45, 2.75) is 76.9 Å². The van der Waals surface area contributed by atoms with Gasteiger partial charge in [0.25, 0.3) is 8.32 Å². The second kappa shape index (κ2) is 9.20. The minimum atomic E-state index is -2.82. The van der Waals surface area contributed by atoms with Crippen molar-refractivity contribution in [3.8, 4) is 0 Å². The van der Waals surface area contributed by atoms with Gasteiger partial charge in [-0.3, -0.25) is 9.69 Å². The smallest absolute Gasteiger partial charge is 0.410 e. The van der Waals surface area contributed by atoms with Gasteiger partial charge in [0, 0.05) is 13.5 Å². The molecule has 190 valence electrons. The molecule has 2 saturated heterocycles. The topological polar surface area (TPSA) is 65.1 Å². The summed E-state index contributed by atoms with van der Waals surface area (Å²) in [7, 11) is -2.82. The number of nitrogens with zero attached hydrogens (tertiary/aromatic N) is 1. The standard InChI is InChI=1S/C29H35NO5Si/c1-6-22-24-23(17-18-30-25(24)27(34-28(30)32)26(22)33-19(2)31)35-36(29(3,4)5,20-13-9-7-10-14-20)21-15-11-8-12-16-21/h7-16,23,25-27H,6,17-18H2,1-5H3/t23-,25-,26+,27-/m0/s1. The number of ether oxygens (including phenoxy) is 2. The number of hydrogen-bond acceptors (Lipinski definition) is 5. The summed E-state index contributed by atoms with van der Waals surface area (Å²) in [6, 6.07) is 20.9. The van der Waals surface area contributed by atoms with Crippen molar-refractivity contribution in [2.24, 2.45) is 0 Å². The molecule has 1 amide bonds. The number of hydrogen-bond donors (Lipinski definition) is 0. The highest BCUT2D eigenvalue weighted by Gasteiger charge is 2.61. The first-order valence-corrected chi connectivity index (χ1v) is 14.8. The van der Waals surface area contributed by atoms with Gasteiger partial charge in [0.15, 0.2) is 12.2 Å². The first kappa shape index (κ1) is 24.8. The number of esters is 1. The van der Waals surface area contributed by atoms with E-state index >= 15 is 0 Å². The molecule has 2 aromatic rings. The number of amides is 1. The largest absolute Gasteiger partial charge is 0.454 e. The van der Waals surface area contributed by atoms with E-state index in [2.05, 4.69) is 76.2 Å². The third-order valence-electron chi connectivity index (χ3n) is 7.84. The normalized spacial score (nSPS) is 25.6. The van der Waals surface area contributed by atoms with Crippen molar-refractivity contribution in [3.05, 3.63) is 71.8 Å². The fourth-order valence-corrected chi connectivity index (χ4v) is 11.1. The van der Waals surface area contributed by atoms with E-state index in [9.17, 15) is 9.59 Å². The predicted octanol–water partition coefficient (Wildman–Crippen LogP) is 4.18. The third kappa shape index (κ3) is 3.80. The minimum absolute atomic E-state index is 0.172. The maximum Gasteiger partial charge on any atom is 0.410 e. The van der Waals surface area contributed by atoms with E-state index in [1.54, 1.807) is 4.90 Å². The fraction of sp³-hybridized carbons (Fsp3) is 0.448. The average molecular weight is 506 g/mol. The fourth-order valence-electron chi connectivity index (χ4n) is 6.45. The van der Waals surface area contributed by atoms with Crippen LogP contribution in [-0.2, 0) is 18.7 Å². The lowest BCUT2D eigenvalue weighted by molar-refractivity contribution is -0.148. The van der Waals surface area contributed by atoms with E-state index in [4.69, 9.17) is 13.9 Å². The number of piperidine rings is 1. The number of carbonyl (C=O) groups excluding carboxylic acids is 2. The molecular weight excluding hydrogens is 470 g/mol. The zero-order valence-corrected chi connectivity index (χ0v) is 22.7. The first-order chi connectivity index (χ1) is 17.2. The molecule has 0 saturated carbocycles. The van der Waals surface area contributed by atoms with Crippen LogP contribution >= 0.6 is 0 Å². The van der Waals surface area contributed by atoms with E-state index < -0.39 is 20.5 Å². The van der Waals surface area contributed by atoms with Crippen LogP contribution in [0.5, 0.6) is 0 Å². The van der Waals surface area contributed by atoms with Crippen LogP contribution in [0.2, 0.25) is 5.04 Å². The molecule has 3 aliphatic rings. The molecule has 2 aliphatic heterocycles. The van der Waals surface area contributed by atoms with E-state index in [1.807, 2.05) is 12.1 Å². The van der Waals surface area contributed by atoms with Crippen LogP contribution in [0.25, 0.3) is 0 Å². The van der Waals surface area contributed by atoms with Gasteiger partial charge >= 0.3 is 12.1 Å². The first-order valence-electron chi connectivity index (χ1n) is 12.8. The summed E-state index contributed by atoms with van der Waals surface area (Å²) >= 11 is 0. The van der Waals surface area contributed by atoms with E-state index in [0.717, 1.165) is 11.1 Å². The van der Waals surface area contributed by atoms with Crippen molar-refractivity contribution in [2.75, 3.05) is 6.54 Å². The summed E-state index contributed by atoms with van der Waals surface area (Å²) in [4.78, 5) is 26.5. The van der Waals surface area contributed by atoms with Crippen LogP contribution in [0.1, 0.15) is 47.5 Å². The Morgan fingerprint density at radius 2 is 1.64 bits per heavy atom. The van der Waals surface area contributed by atoms with Gasteiger partial charge in [-0.1, -0.05) is 88.4 Å². The summed E-state index contributed by atoms with van der Waals surface area (Å²) in [6.45, 7) is 10.8. The average Bonchev–Trinajstić information content (AvgIpc) is 3.34. The maximum absolute atomic E-state index is 12.7. The molecule has 0 unspecified atom stereocenters. The molecule has 6 nitrogen and oxygen atoms in total. The molecule has 0 spiro atoms. The van der Waals surface area contributed by atoms with Crippen molar-refractivity contribution in [1.82, 2.24) is 4.90 Å². The van der Waals surface area contributed by atoms with Gasteiger partial charge in [-0.25, -0.2) is 4.79 Å². The van der Waals surface area contributed by atoms with Crippen LogP contribution in [0.4, 0.5) is 4.79 Å². The van der Waals surface area contributed by atoms with Crippen LogP contribution < -0.4 is 10.4 Å². The van der Waals surface area contributed by atoms with Crippen molar-refractivity contribution in [3.63, 3.8) is 0 Å². The lowest BCUT2D eigenvalue weighted by Crippen LogP contribution is -2.68. The number of carbonyl (C=O) groups is 2. The Kier molecular flexibility index (Phi) is 6.33. The van der Waals surface area contributed by atoms with E-state index in [-0.39, 0.29) is 29.2 Å². The highest BCUT2D eigenvalue weighted by atomic mass is 28.4. The Bertz CT molecular complexity index is 1130. The van der Waals surface area contributed by atoms with Crippen LogP contribution in [0, 0.1) is 0 Å². The molecule has 0 aromatic heterocycles. The Morgan fingerprint density at radius 1 is 1.06 bits per heavy atom. The molecule has 2 aromatic carbocycles. The monoisotopic (exact) mass is 505 g/mol. The molecule has 0 bridgehead atoms. The molecular formula is C29H35NO5Si. The van der Waals surface area contributed by atoms with E-state index in [1.165, 1.54) is 17.3 Å². The van der Waals surface area contributed by atoms with Crippen molar-refractivity contribution in [1.29, 1.82) is 0 Å². The molecule has 4 atom stereocenters. The summed E-state index contributed by atoms with van der Waals surface area (Å²) in [5.41, 5.74) is 2.10. The summed E-state index contributed by atoms with van der Waals surface area (Å²) in [5, 5.41) is 2.26. The van der Waals surface area contributed by atoms with Gasteiger partial charge in [-0.2, -0.15) is 0 Å². The lowest BCUT2D eigenvalue weighted by atomic mass is 9.93. The van der Waals surface area contributed by atoms with Gasteiger partial charge in [0.2, 0.25) is 0 Å². The van der Waals surface area contributed by atoms with Crippen LogP contribution in [0.15, 0.2) is 71.8 Å². The molecule has 2 fully saturated rings. The maximum atomic E-state index is 12.7. The Labute approximate surface area is 214 Å². The summed E-state index contributed by atoms with van der Waals surface area (Å²) in [6.07, 6.45) is -0.244. The minimum Gasteiger partial charge on any atom is -0.454 e. The van der Waals surface area contributed by atoms with Gasteiger partial charge in [0.1, 0.15) is 6.04 Å². The summed E-state index contributed by atoms with van der Waals surface area (Å²) in [5.74, 6) is -0.371. The van der Waals surface area contributed by atoms with Crippen molar-refractivity contribution < 1.29 is 23.5 Å². The van der Waals surface area contributed by atoms with Crippen LogP contribution in [-0.4, -0.2) is 56.2 Å². The molecule has 1 aliphatic carbocycles. The second-order valence-corrected chi connectivity index (χ2v) is 15.2. The van der Waals surface area contributed by atoms with Gasteiger partial charge in [-0.15, -0.1) is 0 Å². The zero-order valence-electron chi connectivity index (χ0n) is 21.7. The highest BCUT2D eigenvalue weighted by molar-refractivity contribution is 6.99. The van der Waals surface area contributed by atoms with Gasteiger partial charge < -0.3 is 13.9 Å². The third-order valence-corrected chi connectivity index (χ3v) is 12.9. The Hall–Kier alpha value is -2.90. The Balaban J connectivity index is 1.67. The molecule has 7 heteroatoms. The van der Waals surface area contributed by atoms with E-state index in [0.29, 0.717) is 19.4 Å². The summed E-state index contributed by atoms with van der Waals surface area (Å²) < 4.78 is 19.1. The molecule has 5 rings (SSSR count). The molecule has 0 N–H and O–H groups in total. The quantitative estimate of drug-likeness (QED) is 0.335. The van der Waals surface area contributed by atoms with Gasteiger partial charge in [0.05, 0.1) is 6.10 Å². The molecule has 36 heavy (non-hydrogen) atoms. The number of benzene rings is 2. The number of rotatable bonds is 6. The predicted molar refractivity (Wildman–Crippen MR) is 141 cm³/mol. The van der Waals surface area contributed by atoms with Crippen molar-refractivity contribution >= 4 is 30.8 Å². The zero-order chi connectivity index (χ0) is 25.7. The lowest BCUT2D eigenvalue weighted by Gasteiger charge is -2.47. The highest BCUT2D eigenvalue weighted by Crippen LogP contribution is 2.48. The Morgan fingerprint density at radius 3 is 2.14 bits per heavy atom. The molecule has 2 heterocycles. The SMILES string of the molecule is CCC1=C2[C@@H](O[Si](c3ccccc3)(c3ccccc3)C(C)(C)C)CCN3C(=O)O[C@H]([C@@H]1OC(C)=O)[C@H]23. The second-order valence-electron chi connectivity index (χ2n) is 10.9. The molecule has 0 radical (unpaired) electrons.